The minimum atomic E-state index is -4.64. The first kappa shape index (κ1) is 20.0. The molecular formula is C17H22F3N3O3. The molecule has 144 valence electrons. The number of nitro groups is 1. The van der Waals surface area contributed by atoms with Gasteiger partial charge in [-0.15, -0.1) is 0 Å². The number of hydrogen-bond donors (Lipinski definition) is 1. The summed E-state index contributed by atoms with van der Waals surface area (Å²) in [5.41, 5.74) is -1.82. The van der Waals surface area contributed by atoms with Gasteiger partial charge in [0.1, 0.15) is 5.69 Å². The number of halogens is 3. The van der Waals surface area contributed by atoms with Crippen LogP contribution in [0, 0.1) is 16.0 Å². The Hall–Kier alpha value is -2.32. The van der Waals surface area contributed by atoms with Crippen molar-refractivity contribution in [1.82, 2.24) is 5.32 Å². The largest absolute Gasteiger partial charge is 0.416 e. The molecule has 0 atom stereocenters. The Morgan fingerprint density at radius 1 is 1.23 bits per heavy atom. The molecule has 1 heterocycles. The van der Waals surface area contributed by atoms with Gasteiger partial charge in [0, 0.05) is 30.6 Å². The highest BCUT2D eigenvalue weighted by atomic mass is 19.4. The van der Waals surface area contributed by atoms with Gasteiger partial charge in [0.15, 0.2) is 0 Å². The van der Waals surface area contributed by atoms with Crippen LogP contribution >= 0.6 is 0 Å². The Balaban J connectivity index is 2.14. The lowest BCUT2D eigenvalue weighted by Crippen LogP contribution is -2.47. The van der Waals surface area contributed by atoms with Gasteiger partial charge >= 0.3 is 6.18 Å². The maximum absolute atomic E-state index is 12.8. The molecule has 0 unspecified atom stereocenters. The van der Waals surface area contributed by atoms with Crippen LogP contribution in [0.15, 0.2) is 18.2 Å². The summed E-state index contributed by atoms with van der Waals surface area (Å²) in [5.74, 6) is -0.280. The first-order valence-corrected chi connectivity index (χ1v) is 8.31. The number of carbonyl (C=O) groups is 1. The molecule has 2 rings (SSSR count). The van der Waals surface area contributed by atoms with Gasteiger partial charge in [-0.05, 0) is 45.7 Å². The minimum absolute atomic E-state index is 0.0703. The summed E-state index contributed by atoms with van der Waals surface area (Å²) in [6.07, 6.45) is -3.67. The number of carbonyl (C=O) groups excluding carboxylic acids is 1. The van der Waals surface area contributed by atoms with Gasteiger partial charge in [-0.3, -0.25) is 14.9 Å². The van der Waals surface area contributed by atoms with Crippen molar-refractivity contribution in [2.75, 3.05) is 18.0 Å². The Morgan fingerprint density at radius 2 is 1.81 bits per heavy atom. The van der Waals surface area contributed by atoms with Crippen LogP contribution in [0.4, 0.5) is 24.5 Å². The van der Waals surface area contributed by atoms with Crippen LogP contribution in [-0.4, -0.2) is 29.5 Å². The lowest BCUT2D eigenvalue weighted by Gasteiger charge is -2.34. The van der Waals surface area contributed by atoms with Crippen molar-refractivity contribution >= 4 is 17.3 Å². The third kappa shape index (κ3) is 4.86. The Kier molecular flexibility index (Phi) is 5.48. The summed E-state index contributed by atoms with van der Waals surface area (Å²) < 4.78 is 38.4. The number of hydrogen-bond acceptors (Lipinski definition) is 4. The van der Waals surface area contributed by atoms with E-state index in [0.29, 0.717) is 32.0 Å². The van der Waals surface area contributed by atoms with Crippen molar-refractivity contribution in [3.8, 4) is 0 Å². The maximum atomic E-state index is 12.8. The zero-order valence-electron chi connectivity index (χ0n) is 14.9. The molecule has 26 heavy (non-hydrogen) atoms. The number of anilines is 1. The molecule has 1 aromatic carbocycles. The molecule has 1 N–H and O–H groups in total. The molecule has 0 bridgehead atoms. The number of nitro benzene ring substituents is 1. The third-order valence-electron chi connectivity index (χ3n) is 4.20. The third-order valence-corrected chi connectivity index (χ3v) is 4.20. The van der Waals surface area contributed by atoms with Gasteiger partial charge in [0.25, 0.3) is 5.69 Å². The van der Waals surface area contributed by atoms with Crippen molar-refractivity contribution in [3.05, 3.63) is 33.9 Å². The first-order valence-electron chi connectivity index (χ1n) is 8.31. The molecule has 1 saturated heterocycles. The minimum Gasteiger partial charge on any atom is -0.366 e. The fraction of sp³-hybridized carbons (Fsp3) is 0.588. The van der Waals surface area contributed by atoms with Crippen LogP contribution in [0.2, 0.25) is 0 Å². The highest BCUT2D eigenvalue weighted by Gasteiger charge is 2.35. The van der Waals surface area contributed by atoms with Crippen molar-refractivity contribution in [2.24, 2.45) is 5.92 Å². The molecule has 9 heteroatoms. The van der Waals surface area contributed by atoms with Crippen LogP contribution in [0.5, 0.6) is 0 Å². The van der Waals surface area contributed by atoms with Gasteiger partial charge in [-0.2, -0.15) is 13.2 Å². The second kappa shape index (κ2) is 7.13. The number of alkyl halides is 3. The second-order valence-corrected chi connectivity index (χ2v) is 7.46. The van der Waals surface area contributed by atoms with E-state index in [1.165, 1.54) is 0 Å². The molecule has 1 aromatic rings. The van der Waals surface area contributed by atoms with Crippen LogP contribution in [0.25, 0.3) is 0 Å². The summed E-state index contributed by atoms with van der Waals surface area (Å²) in [7, 11) is 0. The predicted octanol–water partition coefficient (Wildman–Crippen LogP) is 3.74. The number of nitrogens with one attached hydrogen (secondary N) is 1. The molecule has 0 aromatic heterocycles. The Bertz CT molecular complexity index is 691. The molecular weight excluding hydrogens is 351 g/mol. The lowest BCUT2D eigenvalue weighted by atomic mass is 9.94. The van der Waals surface area contributed by atoms with Crippen molar-refractivity contribution in [2.45, 2.75) is 45.3 Å². The number of amides is 1. The average Bonchev–Trinajstić information content (AvgIpc) is 2.52. The van der Waals surface area contributed by atoms with Crippen LogP contribution in [-0.2, 0) is 11.0 Å². The molecule has 1 aliphatic rings. The SMILES string of the molecule is CC(C)(C)NC(=O)C1CCN(c2ccc(C(F)(F)F)cc2[N+](=O)[O-])CC1. The smallest absolute Gasteiger partial charge is 0.366 e. The monoisotopic (exact) mass is 373 g/mol. The van der Waals surface area contributed by atoms with Gasteiger partial charge in [0.2, 0.25) is 5.91 Å². The lowest BCUT2D eigenvalue weighted by molar-refractivity contribution is -0.384. The molecule has 0 spiro atoms. The fourth-order valence-corrected chi connectivity index (χ4v) is 2.97. The van der Waals surface area contributed by atoms with Crippen LogP contribution < -0.4 is 10.2 Å². The van der Waals surface area contributed by atoms with E-state index in [1.807, 2.05) is 20.8 Å². The van der Waals surface area contributed by atoms with E-state index in [-0.39, 0.29) is 23.1 Å². The topological polar surface area (TPSA) is 75.5 Å². The molecule has 1 fully saturated rings. The van der Waals surface area contributed by atoms with Crippen molar-refractivity contribution in [1.29, 1.82) is 0 Å². The number of nitrogens with zero attached hydrogens (tertiary/aromatic N) is 2. The predicted molar refractivity (Wildman–Crippen MR) is 90.9 cm³/mol. The number of rotatable bonds is 3. The van der Waals surface area contributed by atoms with Crippen LogP contribution in [0.1, 0.15) is 39.2 Å². The number of benzene rings is 1. The normalized spacial score (nSPS) is 16.5. The maximum Gasteiger partial charge on any atom is 0.416 e. The fourth-order valence-electron chi connectivity index (χ4n) is 2.97. The van der Waals surface area contributed by atoms with E-state index in [1.54, 1.807) is 4.90 Å². The van der Waals surface area contributed by atoms with Gasteiger partial charge in [-0.1, -0.05) is 0 Å². The van der Waals surface area contributed by atoms with E-state index < -0.39 is 22.4 Å². The number of piperidine rings is 1. The van der Waals surface area contributed by atoms with Gasteiger partial charge in [0.05, 0.1) is 10.5 Å². The van der Waals surface area contributed by atoms with Gasteiger partial charge < -0.3 is 10.2 Å². The van der Waals surface area contributed by atoms with E-state index in [9.17, 15) is 28.1 Å². The van der Waals surface area contributed by atoms with E-state index in [4.69, 9.17) is 0 Å². The molecule has 6 nitrogen and oxygen atoms in total. The highest BCUT2D eigenvalue weighted by Crippen LogP contribution is 2.37. The van der Waals surface area contributed by atoms with Crippen LogP contribution in [0.3, 0.4) is 0 Å². The summed E-state index contributed by atoms with van der Waals surface area (Å²) in [6, 6.07) is 2.55. The standard InChI is InChI=1S/C17H22F3N3O3/c1-16(2,3)21-15(24)11-6-8-22(9-7-11)13-5-4-12(17(18,19)20)10-14(13)23(25)26/h4-5,10-11H,6-9H2,1-3H3,(H,21,24). The van der Waals surface area contributed by atoms with Crippen molar-refractivity contribution < 1.29 is 22.9 Å². The quantitative estimate of drug-likeness (QED) is 0.647. The second-order valence-electron chi connectivity index (χ2n) is 7.46. The molecule has 0 radical (unpaired) electrons. The summed E-state index contributed by atoms with van der Waals surface area (Å²) >= 11 is 0. The average molecular weight is 373 g/mol. The Morgan fingerprint density at radius 3 is 2.27 bits per heavy atom. The van der Waals surface area contributed by atoms with E-state index >= 15 is 0 Å². The summed E-state index contributed by atoms with van der Waals surface area (Å²) in [5, 5.41) is 14.1. The summed E-state index contributed by atoms with van der Waals surface area (Å²) in [6.45, 7) is 6.38. The first-order chi connectivity index (χ1) is 11.9. The summed E-state index contributed by atoms with van der Waals surface area (Å²) in [4.78, 5) is 24.3. The molecule has 0 aliphatic carbocycles. The highest BCUT2D eigenvalue weighted by molar-refractivity contribution is 5.79. The van der Waals surface area contributed by atoms with E-state index in [2.05, 4.69) is 5.32 Å². The Labute approximate surface area is 149 Å². The molecule has 1 aliphatic heterocycles. The zero-order chi connectivity index (χ0) is 19.7. The van der Waals surface area contributed by atoms with Gasteiger partial charge in [-0.25, -0.2) is 0 Å². The molecule has 0 saturated carbocycles. The van der Waals surface area contributed by atoms with Crippen molar-refractivity contribution in [3.63, 3.8) is 0 Å². The van der Waals surface area contributed by atoms with E-state index in [0.717, 1.165) is 12.1 Å². The molecule has 1 amide bonds. The zero-order valence-corrected chi connectivity index (χ0v) is 14.9.